The number of para-hydroxylation sites is 1. The van der Waals surface area contributed by atoms with E-state index in [-0.39, 0.29) is 25.0 Å². The van der Waals surface area contributed by atoms with Crippen molar-refractivity contribution in [2.24, 2.45) is 0 Å². The number of ether oxygens (including phenoxy) is 2. The van der Waals surface area contributed by atoms with E-state index in [4.69, 9.17) is 26.1 Å². The number of furan rings is 1. The molecule has 0 aliphatic carbocycles. The average molecular weight is 495 g/mol. The minimum atomic E-state index is -0.277. The quantitative estimate of drug-likeness (QED) is 0.348. The predicted molar refractivity (Wildman–Crippen MR) is 136 cm³/mol. The molecule has 174 valence electrons. The number of thiocarbonyl (C=S) groups is 1. The van der Waals surface area contributed by atoms with E-state index in [0.29, 0.717) is 26.5 Å². The Morgan fingerprint density at radius 1 is 1.18 bits per heavy atom. The maximum atomic E-state index is 12.8. The van der Waals surface area contributed by atoms with Crippen molar-refractivity contribution >= 4 is 51.9 Å². The molecular formula is C25H22N2O5S2. The highest BCUT2D eigenvalue weighted by Crippen LogP contribution is 2.35. The fourth-order valence-corrected chi connectivity index (χ4v) is 4.54. The molecule has 9 heteroatoms. The molecule has 3 aromatic rings. The number of benzene rings is 2. The van der Waals surface area contributed by atoms with Gasteiger partial charge in [-0.1, -0.05) is 48.2 Å². The van der Waals surface area contributed by atoms with Crippen LogP contribution in [0.15, 0.2) is 70.2 Å². The third kappa shape index (κ3) is 5.49. The molecule has 1 N–H and O–H groups in total. The summed E-state index contributed by atoms with van der Waals surface area (Å²) in [5, 5.41) is 2.83. The lowest BCUT2D eigenvalue weighted by atomic mass is 10.2. The van der Waals surface area contributed by atoms with E-state index in [0.717, 1.165) is 16.8 Å². The van der Waals surface area contributed by atoms with Crippen molar-refractivity contribution in [3.05, 3.63) is 82.7 Å². The summed E-state index contributed by atoms with van der Waals surface area (Å²) in [6, 6.07) is 16.3. The summed E-state index contributed by atoms with van der Waals surface area (Å²) in [4.78, 5) is 27.1. The van der Waals surface area contributed by atoms with Crippen LogP contribution in [0.2, 0.25) is 0 Å². The minimum Gasteiger partial charge on any atom is -0.493 e. The fraction of sp³-hybridized carbons (Fsp3) is 0.160. The standard InChI is InChI=1S/C25H22N2O5S2/c1-16-6-3-4-8-19(16)26-23(28)15-32-20-10-9-17(12-21(20)30-2)13-22-24(29)27(25(33)34-22)14-18-7-5-11-31-18/h3-13H,14-15H2,1-2H3,(H,26,28). The average Bonchev–Trinajstić information content (AvgIpc) is 3.44. The summed E-state index contributed by atoms with van der Waals surface area (Å²) < 4.78 is 16.9. The van der Waals surface area contributed by atoms with E-state index in [1.54, 1.807) is 42.7 Å². The van der Waals surface area contributed by atoms with E-state index in [2.05, 4.69) is 5.32 Å². The Hall–Kier alpha value is -3.56. The van der Waals surface area contributed by atoms with Crippen LogP contribution < -0.4 is 14.8 Å². The van der Waals surface area contributed by atoms with Crippen molar-refractivity contribution in [1.82, 2.24) is 4.90 Å². The van der Waals surface area contributed by atoms with Crippen LogP contribution in [0.1, 0.15) is 16.9 Å². The van der Waals surface area contributed by atoms with Crippen LogP contribution in [-0.2, 0) is 16.1 Å². The largest absolute Gasteiger partial charge is 0.493 e. The van der Waals surface area contributed by atoms with Gasteiger partial charge < -0.3 is 19.2 Å². The van der Waals surface area contributed by atoms with E-state index >= 15 is 0 Å². The van der Waals surface area contributed by atoms with Crippen molar-refractivity contribution in [2.75, 3.05) is 19.0 Å². The molecule has 2 heterocycles. The number of hydrogen-bond acceptors (Lipinski definition) is 7. The van der Waals surface area contributed by atoms with E-state index in [9.17, 15) is 9.59 Å². The van der Waals surface area contributed by atoms with Gasteiger partial charge in [0.05, 0.1) is 24.8 Å². The molecule has 0 radical (unpaired) electrons. The summed E-state index contributed by atoms with van der Waals surface area (Å²) >= 11 is 6.60. The highest BCUT2D eigenvalue weighted by atomic mass is 32.2. The molecule has 34 heavy (non-hydrogen) atoms. The molecule has 1 aromatic heterocycles. The second-order valence-corrected chi connectivity index (χ2v) is 9.09. The van der Waals surface area contributed by atoms with Crippen molar-refractivity contribution < 1.29 is 23.5 Å². The van der Waals surface area contributed by atoms with Gasteiger partial charge in [0.25, 0.3) is 11.8 Å². The number of nitrogens with one attached hydrogen (secondary N) is 1. The number of carbonyl (C=O) groups excluding carboxylic acids is 2. The van der Waals surface area contributed by atoms with Gasteiger partial charge in [-0.2, -0.15) is 0 Å². The van der Waals surface area contributed by atoms with Crippen molar-refractivity contribution in [3.8, 4) is 11.5 Å². The number of methoxy groups -OCH3 is 1. The minimum absolute atomic E-state index is 0.171. The molecule has 0 saturated carbocycles. The van der Waals surface area contributed by atoms with E-state index < -0.39 is 0 Å². The topological polar surface area (TPSA) is 81.0 Å². The molecule has 1 fully saturated rings. The number of anilines is 1. The lowest BCUT2D eigenvalue weighted by Gasteiger charge is -2.13. The Bertz CT molecular complexity index is 1250. The number of aryl methyl sites for hydroxylation is 1. The van der Waals surface area contributed by atoms with E-state index in [1.807, 2.05) is 31.2 Å². The van der Waals surface area contributed by atoms with Crippen LogP contribution >= 0.6 is 24.0 Å². The Balaban J connectivity index is 1.42. The maximum absolute atomic E-state index is 12.8. The third-order valence-electron chi connectivity index (χ3n) is 5.03. The smallest absolute Gasteiger partial charge is 0.266 e. The highest BCUT2D eigenvalue weighted by molar-refractivity contribution is 8.26. The summed E-state index contributed by atoms with van der Waals surface area (Å²) in [5.74, 6) is 1.07. The van der Waals surface area contributed by atoms with Gasteiger partial charge in [-0.05, 0) is 54.5 Å². The highest BCUT2D eigenvalue weighted by Gasteiger charge is 2.32. The van der Waals surface area contributed by atoms with Gasteiger partial charge in [-0.15, -0.1) is 0 Å². The molecule has 7 nitrogen and oxygen atoms in total. The summed E-state index contributed by atoms with van der Waals surface area (Å²) in [5.41, 5.74) is 2.45. The zero-order valence-electron chi connectivity index (χ0n) is 18.6. The molecule has 0 atom stereocenters. The van der Waals surface area contributed by atoms with Crippen LogP contribution in [0.5, 0.6) is 11.5 Å². The Morgan fingerprint density at radius 2 is 2.00 bits per heavy atom. The van der Waals surface area contributed by atoms with Crippen LogP contribution in [0.25, 0.3) is 6.08 Å². The van der Waals surface area contributed by atoms with Crippen LogP contribution in [-0.4, -0.2) is 34.8 Å². The van der Waals surface area contributed by atoms with Crippen LogP contribution in [0.3, 0.4) is 0 Å². The lowest BCUT2D eigenvalue weighted by Crippen LogP contribution is -2.27. The van der Waals surface area contributed by atoms with Gasteiger partial charge in [-0.25, -0.2) is 0 Å². The molecule has 0 spiro atoms. The summed E-state index contributed by atoms with van der Waals surface area (Å²) in [6.07, 6.45) is 3.31. The van der Waals surface area contributed by atoms with Gasteiger partial charge in [0.1, 0.15) is 10.1 Å². The first-order valence-electron chi connectivity index (χ1n) is 10.4. The Labute approximate surface area is 206 Å². The third-order valence-corrected chi connectivity index (χ3v) is 6.41. The van der Waals surface area contributed by atoms with Gasteiger partial charge in [-0.3, -0.25) is 14.5 Å². The molecular weight excluding hydrogens is 472 g/mol. The molecule has 2 amide bonds. The number of nitrogens with zero attached hydrogens (tertiary/aromatic N) is 1. The van der Waals surface area contributed by atoms with E-state index in [1.165, 1.54) is 23.8 Å². The normalized spacial score (nSPS) is 14.5. The van der Waals surface area contributed by atoms with Crippen LogP contribution in [0.4, 0.5) is 5.69 Å². The summed E-state index contributed by atoms with van der Waals surface area (Å²) in [6.45, 7) is 2.04. The fourth-order valence-electron chi connectivity index (χ4n) is 3.28. The van der Waals surface area contributed by atoms with Gasteiger partial charge in [0, 0.05) is 5.69 Å². The SMILES string of the molecule is COc1cc(C=C2SC(=S)N(Cc3ccco3)C2=O)ccc1OCC(=O)Nc1ccccc1C. The number of amides is 2. The van der Waals surface area contributed by atoms with Crippen LogP contribution in [0, 0.1) is 6.92 Å². The molecule has 0 unspecified atom stereocenters. The molecule has 4 rings (SSSR count). The number of thioether (sulfide) groups is 1. The first-order chi connectivity index (χ1) is 16.4. The van der Waals surface area contributed by atoms with Crippen molar-refractivity contribution in [2.45, 2.75) is 13.5 Å². The monoisotopic (exact) mass is 494 g/mol. The first kappa shape index (κ1) is 23.6. The lowest BCUT2D eigenvalue weighted by molar-refractivity contribution is -0.122. The molecule has 0 bridgehead atoms. The molecule has 1 saturated heterocycles. The zero-order chi connectivity index (χ0) is 24.1. The zero-order valence-corrected chi connectivity index (χ0v) is 20.2. The first-order valence-corrected chi connectivity index (χ1v) is 11.6. The number of carbonyl (C=O) groups is 2. The second-order valence-electron chi connectivity index (χ2n) is 7.41. The van der Waals surface area contributed by atoms with Gasteiger partial charge in [0.15, 0.2) is 18.1 Å². The number of rotatable bonds is 8. The number of hydrogen-bond donors (Lipinski definition) is 1. The summed E-state index contributed by atoms with van der Waals surface area (Å²) in [7, 11) is 1.52. The van der Waals surface area contributed by atoms with Crippen molar-refractivity contribution in [1.29, 1.82) is 0 Å². The molecule has 2 aromatic carbocycles. The molecule has 1 aliphatic heterocycles. The van der Waals surface area contributed by atoms with Crippen molar-refractivity contribution in [3.63, 3.8) is 0 Å². The Kier molecular flexibility index (Phi) is 7.34. The maximum Gasteiger partial charge on any atom is 0.266 e. The van der Waals surface area contributed by atoms with Gasteiger partial charge in [0.2, 0.25) is 0 Å². The molecule has 1 aliphatic rings. The second kappa shape index (κ2) is 10.6. The van der Waals surface area contributed by atoms with Gasteiger partial charge >= 0.3 is 0 Å². The predicted octanol–water partition coefficient (Wildman–Crippen LogP) is 5.02. The Morgan fingerprint density at radius 3 is 2.74 bits per heavy atom.